The van der Waals surface area contributed by atoms with Gasteiger partial charge in [-0.25, -0.2) is 0 Å². The molecule has 5 nitrogen and oxygen atoms in total. The van der Waals surface area contributed by atoms with Gasteiger partial charge in [0.1, 0.15) is 6.54 Å². The van der Waals surface area contributed by atoms with Gasteiger partial charge in [0.2, 0.25) is 5.91 Å². The molecule has 0 aliphatic carbocycles. The third-order valence-electron chi connectivity index (χ3n) is 3.36. The van der Waals surface area contributed by atoms with Crippen LogP contribution in [-0.4, -0.2) is 50.7 Å². The maximum Gasteiger partial charge on any atom is 0.325 e. The van der Waals surface area contributed by atoms with E-state index in [0.29, 0.717) is 18.2 Å². The maximum absolute atomic E-state index is 12.3. The Kier molecular flexibility index (Phi) is 6.78. The summed E-state index contributed by atoms with van der Waals surface area (Å²) in [4.78, 5) is 25.9. The van der Waals surface area contributed by atoms with Gasteiger partial charge in [-0.1, -0.05) is 29.8 Å². The third-order valence-corrected chi connectivity index (χ3v) is 5.02. The molecular formula is C17H18ClNO4S. The number of benzene rings is 1. The van der Waals surface area contributed by atoms with Gasteiger partial charge >= 0.3 is 5.97 Å². The lowest BCUT2D eigenvalue weighted by atomic mass is 10.2. The minimum atomic E-state index is -0.479. The molecule has 0 aliphatic rings. The highest BCUT2D eigenvalue weighted by atomic mass is 35.5. The Labute approximate surface area is 149 Å². The molecule has 1 amide bonds. The van der Waals surface area contributed by atoms with Gasteiger partial charge in [-0.05, 0) is 12.1 Å². The predicted molar refractivity (Wildman–Crippen MR) is 96.3 cm³/mol. The quantitative estimate of drug-likeness (QED) is 0.557. The number of carbonyl (C=O) groups is 2. The molecule has 1 aromatic carbocycles. The first-order valence-corrected chi connectivity index (χ1v) is 8.46. The Bertz CT molecular complexity index is 756. The molecular weight excluding hydrogens is 350 g/mol. The van der Waals surface area contributed by atoms with E-state index in [1.807, 2.05) is 24.3 Å². The van der Waals surface area contributed by atoms with Gasteiger partial charge in [0.15, 0.2) is 0 Å². The molecule has 0 unspecified atom stereocenters. The lowest BCUT2D eigenvalue weighted by molar-refractivity contribution is -0.145. The molecule has 0 bridgehead atoms. The van der Waals surface area contributed by atoms with Crippen molar-refractivity contribution in [1.82, 2.24) is 4.90 Å². The predicted octanol–water partition coefficient (Wildman–Crippen LogP) is 3.22. The van der Waals surface area contributed by atoms with Crippen LogP contribution in [0.2, 0.25) is 5.02 Å². The van der Waals surface area contributed by atoms with E-state index in [2.05, 4.69) is 4.74 Å². The van der Waals surface area contributed by atoms with Crippen LogP contribution in [0, 0.1) is 0 Å². The van der Waals surface area contributed by atoms with Crippen molar-refractivity contribution >= 4 is 51.0 Å². The van der Waals surface area contributed by atoms with Crippen LogP contribution < -0.4 is 0 Å². The van der Waals surface area contributed by atoms with Crippen molar-refractivity contribution in [2.24, 2.45) is 0 Å². The second-order valence-corrected chi connectivity index (χ2v) is 6.40. The smallest absolute Gasteiger partial charge is 0.325 e. The molecule has 2 aromatic rings. The molecule has 128 valence electrons. The molecule has 0 N–H and O–H groups in total. The summed E-state index contributed by atoms with van der Waals surface area (Å²) in [7, 11) is 2.82. The number of nitrogens with zero attached hydrogens (tertiary/aromatic N) is 1. The molecule has 0 spiro atoms. The summed E-state index contributed by atoms with van der Waals surface area (Å²) >= 11 is 7.86. The van der Waals surface area contributed by atoms with Crippen LogP contribution in [0.15, 0.2) is 30.3 Å². The number of rotatable bonds is 7. The van der Waals surface area contributed by atoms with E-state index in [1.165, 1.54) is 36.5 Å². The van der Waals surface area contributed by atoms with Gasteiger partial charge < -0.3 is 14.4 Å². The average Bonchev–Trinajstić information content (AvgIpc) is 2.92. The minimum absolute atomic E-state index is 0.122. The molecule has 1 heterocycles. The van der Waals surface area contributed by atoms with E-state index >= 15 is 0 Å². The van der Waals surface area contributed by atoms with Crippen LogP contribution in [0.1, 0.15) is 4.88 Å². The number of hydrogen-bond acceptors (Lipinski definition) is 5. The molecule has 1 aromatic heterocycles. The van der Waals surface area contributed by atoms with Crippen LogP contribution in [-0.2, 0) is 19.1 Å². The van der Waals surface area contributed by atoms with Gasteiger partial charge in [0.05, 0.1) is 18.7 Å². The Morgan fingerprint density at radius 3 is 2.71 bits per heavy atom. The number of thiophene rings is 1. The molecule has 2 rings (SSSR count). The number of fused-ring (bicyclic) bond motifs is 1. The summed E-state index contributed by atoms with van der Waals surface area (Å²) in [5, 5.41) is 1.58. The van der Waals surface area contributed by atoms with Crippen LogP contribution in [0.3, 0.4) is 0 Å². The number of amides is 1. The highest BCUT2D eigenvalue weighted by molar-refractivity contribution is 7.20. The van der Waals surface area contributed by atoms with Crippen molar-refractivity contribution in [3.05, 3.63) is 40.2 Å². The Morgan fingerprint density at radius 2 is 2.04 bits per heavy atom. The zero-order valence-corrected chi connectivity index (χ0v) is 15.0. The molecule has 0 saturated heterocycles. The molecule has 0 atom stereocenters. The second-order valence-electron chi connectivity index (χ2n) is 4.94. The van der Waals surface area contributed by atoms with Gasteiger partial charge in [-0.2, -0.15) is 0 Å². The van der Waals surface area contributed by atoms with Crippen molar-refractivity contribution < 1.29 is 19.1 Å². The standard InChI is InChI=1S/C17H18ClNO4S/c1-22-10-9-19(11-16(21)23-2)15(20)8-7-14-17(18)12-5-3-4-6-13(12)24-14/h3-8H,9-11H2,1-2H3. The summed E-state index contributed by atoms with van der Waals surface area (Å²) in [5.74, 6) is -0.779. The van der Waals surface area contributed by atoms with E-state index < -0.39 is 5.97 Å². The van der Waals surface area contributed by atoms with Gasteiger partial charge in [-0.15, -0.1) is 11.3 Å². The first kappa shape index (κ1) is 18.4. The average molecular weight is 368 g/mol. The molecule has 0 fully saturated rings. The Morgan fingerprint density at radius 1 is 1.29 bits per heavy atom. The highest BCUT2D eigenvalue weighted by Gasteiger charge is 2.15. The number of ether oxygens (including phenoxy) is 2. The summed E-state index contributed by atoms with van der Waals surface area (Å²) in [6, 6.07) is 7.78. The number of esters is 1. The zero-order valence-electron chi connectivity index (χ0n) is 13.5. The third kappa shape index (κ3) is 4.56. The highest BCUT2D eigenvalue weighted by Crippen LogP contribution is 2.35. The van der Waals surface area contributed by atoms with Crippen molar-refractivity contribution in [1.29, 1.82) is 0 Å². The molecule has 7 heteroatoms. The fourth-order valence-corrected chi connectivity index (χ4v) is 3.48. The van der Waals surface area contributed by atoms with Gasteiger partial charge in [0.25, 0.3) is 0 Å². The van der Waals surface area contributed by atoms with Crippen LogP contribution in [0.4, 0.5) is 0 Å². The largest absolute Gasteiger partial charge is 0.468 e. The van der Waals surface area contributed by atoms with Gasteiger partial charge in [-0.3, -0.25) is 9.59 Å². The minimum Gasteiger partial charge on any atom is -0.468 e. The van der Waals surface area contributed by atoms with E-state index in [1.54, 1.807) is 6.08 Å². The Balaban J connectivity index is 2.15. The summed E-state index contributed by atoms with van der Waals surface area (Å²) in [6.07, 6.45) is 3.08. The normalized spacial score (nSPS) is 11.1. The second kappa shape index (κ2) is 8.82. The number of halogens is 1. The van der Waals surface area contributed by atoms with E-state index in [0.717, 1.165) is 15.0 Å². The van der Waals surface area contributed by atoms with Crippen LogP contribution in [0.25, 0.3) is 16.2 Å². The van der Waals surface area contributed by atoms with E-state index in [9.17, 15) is 9.59 Å². The molecule has 0 radical (unpaired) electrons. The van der Waals surface area contributed by atoms with Crippen molar-refractivity contribution in [2.45, 2.75) is 0 Å². The number of carbonyl (C=O) groups excluding carboxylic acids is 2. The van der Waals surface area contributed by atoms with Crippen LogP contribution in [0.5, 0.6) is 0 Å². The molecule has 24 heavy (non-hydrogen) atoms. The number of methoxy groups -OCH3 is 2. The SMILES string of the molecule is COCCN(CC(=O)OC)C(=O)C=Cc1sc2ccccc2c1Cl. The first-order valence-electron chi connectivity index (χ1n) is 7.26. The molecule has 0 aliphatic heterocycles. The summed E-state index contributed by atoms with van der Waals surface area (Å²) < 4.78 is 10.6. The Hall–Kier alpha value is -1.89. The molecule has 0 saturated carbocycles. The van der Waals surface area contributed by atoms with E-state index in [4.69, 9.17) is 16.3 Å². The summed E-state index contributed by atoms with van der Waals surface area (Å²) in [6.45, 7) is 0.512. The number of hydrogen-bond donors (Lipinski definition) is 0. The monoisotopic (exact) mass is 367 g/mol. The lowest BCUT2D eigenvalue weighted by Crippen LogP contribution is -2.37. The lowest BCUT2D eigenvalue weighted by Gasteiger charge is -2.19. The fraction of sp³-hybridized carbons (Fsp3) is 0.294. The van der Waals surface area contributed by atoms with Gasteiger partial charge in [0, 0.05) is 34.7 Å². The van der Waals surface area contributed by atoms with E-state index in [-0.39, 0.29) is 12.5 Å². The maximum atomic E-state index is 12.3. The zero-order chi connectivity index (χ0) is 17.5. The topological polar surface area (TPSA) is 55.8 Å². The van der Waals surface area contributed by atoms with Crippen molar-refractivity contribution in [2.75, 3.05) is 33.9 Å². The van der Waals surface area contributed by atoms with Crippen molar-refractivity contribution in [3.8, 4) is 0 Å². The first-order chi connectivity index (χ1) is 11.6. The fourth-order valence-electron chi connectivity index (χ4n) is 2.08. The summed E-state index contributed by atoms with van der Waals surface area (Å²) in [5.41, 5.74) is 0. The van der Waals surface area contributed by atoms with Crippen molar-refractivity contribution in [3.63, 3.8) is 0 Å². The van der Waals surface area contributed by atoms with Crippen LogP contribution >= 0.6 is 22.9 Å².